The molecule has 0 saturated carbocycles. The average Bonchev–Trinajstić information content (AvgIpc) is 2.97. The van der Waals surface area contributed by atoms with E-state index in [1.54, 1.807) is 0 Å². The predicted octanol–water partition coefficient (Wildman–Crippen LogP) is 2.50. The summed E-state index contributed by atoms with van der Waals surface area (Å²) < 4.78 is 0. The summed E-state index contributed by atoms with van der Waals surface area (Å²) in [5, 5.41) is 5.66. The lowest BCUT2D eigenvalue weighted by Crippen LogP contribution is -2.35. The largest absolute Gasteiger partial charge is 0.372 e. The van der Waals surface area contributed by atoms with Crippen molar-refractivity contribution in [3.8, 4) is 0 Å². The normalized spacial score (nSPS) is 14.5. The Labute approximate surface area is 115 Å². The fourth-order valence-corrected chi connectivity index (χ4v) is 2.28. The fraction of sp³-hybridized carbons (Fsp3) is 0.533. The van der Waals surface area contributed by atoms with E-state index in [4.69, 9.17) is 0 Å². The van der Waals surface area contributed by atoms with Crippen molar-refractivity contribution in [3.05, 3.63) is 29.8 Å². The van der Waals surface area contributed by atoms with E-state index >= 15 is 0 Å². The first-order valence-electron chi connectivity index (χ1n) is 7.15. The second kappa shape index (κ2) is 7.02. The molecular formula is C15H23N3O. The maximum atomic E-state index is 11.4. The van der Waals surface area contributed by atoms with Gasteiger partial charge in [0.25, 0.3) is 0 Å². The summed E-state index contributed by atoms with van der Waals surface area (Å²) in [5.74, 6) is 0. The van der Waals surface area contributed by atoms with E-state index in [1.165, 1.54) is 18.5 Å². The molecule has 1 saturated heterocycles. The van der Waals surface area contributed by atoms with Crippen LogP contribution in [0.2, 0.25) is 0 Å². The molecule has 0 atom stereocenters. The van der Waals surface area contributed by atoms with Gasteiger partial charge in [0.2, 0.25) is 0 Å². The van der Waals surface area contributed by atoms with Crippen LogP contribution in [0.4, 0.5) is 10.5 Å². The highest BCUT2D eigenvalue weighted by Crippen LogP contribution is 2.20. The zero-order valence-corrected chi connectivity index (χ0v) is 11.6. The number of benzene rings is 1. The van der Waals surface area contributed by atoms with Gasteiger partial charge in [-0.05, 0) is 37.0 Å². The minimum Gasteiger partial charge on any atom is -0.372 e. The van der Waals surface area contributed by atoms with Gasteiger partial charge >= 0.3 is 6.03 Å². The maximum Gasteiger partial charge on any atom is 0.315 e. The summed E-state index contributed by atoms with van der Waals surface area (Å²) >= 11 is 0. The monoisotopic (exact) mass is 261 g/mol. The van der Waals surface area contributed by atoms with Gasteiger partial charge in [-0.1, -0.05) is 19.1 Å². The van der Waals surface area contributed by atoms with E-state index in [-0.39, 0.29) is 6.03 Å². The molecule has 1 fully saturated rings. The second-order valence-electron chi connectivity index (χ2n) is 4.97. The van der Waals surface area contributed by atoms with E-state index in [0.29, 0.717) is 6.54 Å². The van der Waals surface area contributed by atoms with Gasteiger partial charge in [0.1, 0.15) is 0 Å². The smallest absolute Gasteiger partial charge is 0.315 e. The first-order valence-corrected chi connectivity index (χ1v) is 7.15. The SMILES string of the molecule is CCCNC(=O)NCc1ccc(N2CCCC2)cc1. The number of hydrogen-bond acceptors (Lipinski definition) is 2. The third-order valence-corrected chi connectivity index (χ3v) is 3.40. The summed E-state index contributed by atoms with van der Waals surface area (Å²) in [5.41, 5.74) is 2.42. The van der Waals surface area contributed by atoms with Crippen LogP contribution < -0.4 is 15.5 Å². The molecule has 4 heteroatoms. The van der Waals surface area contributed by atoms with Gasteiger partial charge in [-0.3, -0.25) is 0 Å². The summed E-state index contributed by atoms with van der Waals surface area (Å²) in [6, 6.07) is 8.38. The second-order valence-corrected chi connectivity index (χ2v) is 4.97. The summed E-state index contributed by atoms with van der Waals surface area (Å²) in [7, 11) is 0. The van der Waals surface area contributed by atoms with Crippen molar-refractivity contribution in [2.75, 3.05) is 24.5 Å². The highest BCUT2D eigenvalue weighted by Gasteiger charge is 2.11. The lowest BCUT2D eigenvalue weighted by atomic mass is 10.2. The van der Waals surface area contributed by atoms with E-state index in [2.05, 4.69) is 39.8 Å². The molecule has 1 aliphatic rings. The van der Waals surface area contributed by atoms with Gasteiger partial charge in [-0.15, -0.1) is 0 Å². The molecule has 0 radical (unpaired) electrons. The van der Waals surface area contributed by atoms with Crippen molar-refractivity contribution in [1.29, 1.82) is 0 Å². The molecule has 1 aromatic carbocycles. The van der Waals surface area contributed by atoms with Crippen LogP contribution in [-0.4, -0.2) is 25.7 Å². The van der Waals surface area contributed by atoms with Crippen LogP contribution in [0.25, 0.3) is 0 Å². The van der Waals surface area contributed by atoms with Crippen LogP contribution in [0, 0.1) is 0 Å². The number of hydrogen-bond donors (Lipinski definition) is 2. The summed E-state index contributed by atoms with van der Waals surface area (Å²) in [6.45, 7) is 5.67. The number of carbonyl (C=O) groups is 1. The van der Waals surface area contributed by atoms with Crippen molar-refractivity contribution in [3.63, 3.8) is 0 Å². The Bertz CT molecular complexity index is 396. The lowest BCUT2D eigenvalue weighted by molar-refractivity contribution is 0.240. The van der Waals surface area contributed by atoms with Gasteiger partial charge in [-0.25, -0.2) is 4.79 Å². The highest BCUT2D eigenvalue weighted by atomic mass is 16.2. The Balaban J connectivity index is 1.79. The Morgan fingerprint density at radius 1 is 1.16 bits per heavy atom. The number of amides is 2. The minimum absolute atomic E-state index is 0.0922. The Kier molecular flexibility index (Phi) is 5.07. The van der Waals surface area contributed by atoms with Crippen LogP contribution in [-0.2, 0) is 6.54 Å². The Morgan fingerprint density at radius 2 is 1.84 bits per heavy atom. The van der Waals surface area contributed by atoms with Crippen LogP contribution in [0.1, 0.15) is 31.7 Å². The zero-order valence-electron chi connectivity index (χ0n) is 11.6. The predicted molar refractivity (Wildman–Crippen MR) is 78.4 cm³/mol. The fourth-order valence-electron chi connectivity index (χ4n) is 2.28. The molecule has 2 amide bonds. The van der Waals surface area contributed by atoms with Gasteiger partial charge in [0.05, 0.1) is 0 Å². The Morgan fingerprint density at radius 3 is 2.47 bits per heavy atom. The molecule has 4 nitrogen and oxygen atoms in total. The van der Waals surface area contributed by atoms with Crippen molar-refractivity contribution in [2.24, 2.45) is 0 Å². The van der Waals surface area contributed by atoms with Crippen LogP contribution in [0.3, 0.4) is 0 Å². The van der Waals surface area contributed by atoms with Gasteiger partial charge in [0, 0.05) is 31.9 Å². The quantitative estimate of drug-likeness (QED) is 0.855. The Hall–Kier alpha value is -1.71. The van der Waals surface area contributed by atoms with E-state index in [0.717, 1.165) is 31.6 Å². The molecule has 104 valence electrons. The molecule has 0 spiro atoms. The number of anilines is 1. The topological polar surface area (TPSA) is 44.4 Å². The first kappa shape index (κ1) is 13.7. The van der Waals surface area contributed by atoms with Crippen molar-refractivity contribution < 1.29 is 4.79 Å². The molecule has 19 heavy (non-hydrogen) atoms. The molecule has 1 aliphatic heterocycles. The number of rotatable bonds is 5. The van der Waals surface area contributed by atoms with Crippen LogP contribution in [0.5, 0.6) is 0 Å². The summed E-state index contributed by atoms with van der Waals surface area (Å²) in [4.78, 5) is 13.8. The number of nitrogens with one attached hydrogen (secondary N) is 2. The molecule has 0 aliphatic carbocycles. The lowest BCUT2D eigenvalue weighted by Gasteiger charge is -2.17. The molecule has 1 aromatic rings. The van der Waals surface area contributed by atoms with E-state index in [1.807, 2.05) is 6.92 Å². The van der Waals surface area contributed by atoms with Gasteiger partial charge < -0.3 is 15.5 Å². The van der Waals surface area contributed by atoms with Crippen LogP contribution in [0.15, 0.2) is 24.3 Å². The first-order chi connectivity index (χ1) is 9.29. The maximum absolute atomic E-state index is 11.4. The molecule has 0 bridgehead atoms. The molecule has 2 N–H and O–H groups in total. The van der Waals surface area contributed by atoms with Crippen molar-refractivity contribution >= 4 is 11.7 Å². The van der Waals surface area contributed by atoms with Gasteiger partial charge in [-0.2, -0.15) is 0 Å². The van der Waals surface area contributed by atoms with Gasteiger partial charge in [0.15, 0.2) is 0 Å². The van der Waals surface area contributed by atoms with E-state index in [9.17, 15) is 4.79 Å². The summed E-state index contributed by atoms with van der Waals surface area (Å²) in [6.07, 6.45) is 3.54. The van der Waals surface area contributed by atoms with Crippen LogP contribution >= 0.6 is 0 Å². The molecule has 2 rings (SSSR count). The zero-order chi connectivity index (χ0) is 13.5. The molecule has 0 aromatic heterocycles. The number of urea groups is 1. The molecule has 0 unspecified atom stereocenters. The van der Waals surface area contributed by atoms with E-state index < -0.39 is 0 Å². The number of carbonyl (C=O) groups excluding carboxylic acids is 1. The standard InChI is InChI=1S/C15H23N3O/c1-2-9-16-15(19)17-12-13-5-7-14(8-6-13)18-10-3-4-11-18/h5-8H,2-4,9-12H2,1H3,(H2,16,17,19). The molecular weight excluding hydrogens is 238 g/mol. The third kappa shape index (κ3) is 4.16. The minimum atomic E-state index is -0.0922. The van der Waals surface area contributed by atoms with Crippen molar-refractivity contribution in [1.82, 2.24) is 10.6 Å². The number of nitrogens with zero attached hydrogens (tertiary/aromatic N) is 1. The average molecular weight is 261 g/mol. The van der Waals surface area contributed by atoms with Crippen molar-refractivity contribution in [2.45, 2.75) is 32.7 Å². The highest BCUT2D eigenvalue weighted by molar-refractivity contribution is 5.73. The molecule has 1 heterocycles. The third-order valence-electron chi connectivity index (χ3n) is 3.40.